The van der Waals surface area contributed by atoms with Crippen molar-refractivity contribution in [1.29, 1.82) is 0 Å². The van der Waals surface area contributed by atoms with E-state index in [1.807, 2.05) is 23.7 Å². The second kappa shape index (κ2) is 5.52. The van der Waals surface area contributed by atoms with Gasteiger partial charge >= 0.3 is 0 Å². The molecule has 1 aromatic heterocycles. The van der Waals surface area contributed by atoms with Crippen LogP contribution in [0.5, 0.6) is 0 Å². The van der Waals surface area contributed by atoms with Gasteiger partial charge in [0.1, 0.15) is 0 Å². The molecule has 18 heavy (non-hydrogen) atoms. The van der Waals surface area contributed by atoms with E-state index in [1.165, 1.54) is 11.3 Å². The molecule has 0 fully saturated rings. The average Bonchev–Trinajstić information content (AvgIpc) is 2.66. The second-order valence-corrected chi connectivity index (χ2v) is 4.29. The van der Waals surface area contributed by atoms with Crippen molar-refractivity contribution in [3.63, 3.8) is 0 Å². The number of rotatable bonds is 2. The molecule has 0 aliphatic heterocycles. The topological polar surface area (TPSA) is 43.8 Å². The van der Waals surface area contributed by atoms with Crippen LogP contribution >= 0.6 is 0 Å². The molecule has 2 rings (SSSR count). The Labute approximate surface area is 108 Å². The second-order valence-electron chi connectivity index (χ2n) is 4.29. The maximum atomic E-state index is 5.37. The molecule has 0 atom stereocenters. The highest BCUT2D eigenvalue weighted by Crippen LogP contribution is 2.09. The van der Waals surface area contributed by atoms with Crippen LogP contribution in [-0.4, -0.2) is 16.3 Å². The Morgan fingerprint density at radius 1 is 1.28 bits per heavy atom. The number of aromatic nitrogens is 2. The standard InChI is InChI=1S/C15H17N3/c1-12-9-13(2)18(17-12)11-15-6-3-5-14(10-15)7-4-8-16/h3,5-6,9-10H,8,11,16H2,1-2H3. The zero-order chi connectivity index (χ0) is 13.0. The number of benzene rings is 1. The molecule has 0 aliphatic rings. The van der Waals surface area contributed by atoms with Crippen molar-refractivity contribution in [3.8, 4) is 11.8 Å². The van der Waals surface area contributed by atoms with E-state index in [4.69, 9.17) is 5.73 Å². The van der Waals surface area contributed by atoms with Gasteiger partial charge in [-0.2, -0.15) is 5.10 Å². The van der Waals surface area contributed by atoms with Gasteiger partial charge in [0.15, 0.2) is 0 Å². The predicted octanol–water partition coefficient (Wildman–Crippen LogP) is 1.86. The molecule has 2 aromatic rings. The minimum Gasteiger partial charge on any atom is -0.320 e. The van der Waals surface area contributed by atoms with Crippen molar-refractivity contribution in [1.82, 2.24) is 9.78 Å². The van der Waals surface area contributed by atoms with Crippen LogP contribution in [0.1, 0.15) is 22.5 Å². The normalized spacial score (nSPS) is 9.94. The Kier molecular flexibility index (Phi) is 3.81. The van der Waals surface area contributed by atoms with Crippen molar-refractivity contribution in [2.45, 2.75) is 20.4 Å². The third-order valence-corrected chi connectivity index (χ3v) is 2.70. The molecule has 3 heteroatoms. The largest absolute Gasteiger partial charge is 0.320 e. The lowest BCUT2D eigenvalue weighted by atomic mass is 10.1. The molecule has 0 saturated heterocycles. The Morgan fingerprint density at radius 3 is 2.78 bits per heavy atom. The summed E-state index contributed by atoms with van der Waals surface area (Å²) < 4.78 is 2.00. The summed E-state index contributed by atoms with van der Waals surface area (Å²) in [6.07, 6.45) is 0. The van der Waals surface area contributed by atoms with Crippen LogP contribution in [0.15, 0.2) is 30.3 Å². The molecule has 1 heterocycles. The quantitative estimate of drug-likeness (QED) is 0.813. The summed E-state index contributed by atoms with van der Waals surface area (Å²) >= 11 is 0. The fraction of sp³-hybridized carbons (Fsp3) is 0.267. The summed E-state index contributed by atoms with van der Waals surface area (Å²) in [5, 5.41) is 4.46. The van der Waals surface area contributed by atoms with E-state index in [2.05, 4.69) is 42.1 Å². The summed E-state index contributed by atoms with van der Waals surface area (Å²) in [5.41, 5.74) is 9.79. The van der Waals surface area contributed by atoms with Crippen LogP contribution in [0.4, 0.5) is 0 Å². The summed E-state index contributed by atoms with van der Waals surface area (Å²) in [7, 11) is 0. The molecule has 0 bridgehead atoms. The van der Waals surface area contributed by atoms with Gasteiger partial charge in [-0.25, -0.2) is 0 Å². The molecule has 2 N–H and O–H groups in total. The van der Waals surface area contributed by atoms with E-state index in [1.54, 1.807) is 0 Å². The van der Waals surface area contributed by atoms with Gasteiger partial charge < -0.3 is 5.73 Å². The highest BCUT2D eigenvalue weighted by atomic mass is 15.3. The minimum atomic E-state index is 0.391. The first-order chi connectivity index (χ1) is 8.69. The van der Waals surface area contributed by atoms with Crippen molar-refractivity contribution in [2.24, 2.45) is 5.73 Å². The molecule has 0 amide bonds. The predicted molar refractivity (Wildman–Crippen MR) is 73.2 cm³/mol. The van der Waals surface area contributed by atoms with Crippen molar-refractivity contribution in [2.75, 3.05) is 6.54 Å². The highest BCUT2D eigenvalue weighted by Gasteiger charge is 2.02. The third-order valence-electron chi connectivity index (χ3n) is 2.70. The molecule has 0 aliphatic carbocycles. The Hall–Kier alpha value is -2.05. The van der Waals surface area contributed by atoms with Crippen LogP contribution in [-0.2, 0) is 6.54 Å². The molecule has 92 valence electrons. The van der Waals surface area contributed by atoms with Gasteiger partial charge in [-0.1, -0.05) is 24.0 Å². The van der Waals surface area contributed by atoms with Gasteiger partial charge in [-0.15, -0.1) is 0 Å². The van der Waals surface area contributed by atoms with E-state index in [0.717, 1.165) is 17.8 Å². The number of nitrogens with two attached hydrogens (primary N) is 1. The lowest BCUT2D eigenvalue weighted by Gasteiger charge is -2.05. The number of hydrogen-bond acceptors (Lipinski definition) is 2. The van der Waals surface area contributed by atoms with E-state index in [0.29, 0.717) is 6.54 Å². The number of nitrogens with zero attached hydrogens (tertiary/aromatic N) is 2. The number of hydrogen-bond donors (Lipinski definition) is 1. The minimum absolute atomic E-state index is 0.391. The molecular weight excluding hydrogens is 222 g/mol. The summed E-state index contributed by atoms with van der Waals surface area (Å²) in [6, 6.07) is 10.3. The van der Waals surface area contributed by atoms with Gasteiger partial charge in [0.25, 0.3) is 0 Å². The van der Waals surface area contributed by atoms with Gasteiger partial charge in [0, 0.05) is 11.3 Å². The maximum Gasteiger partial charge on any atom is 0.0662 e. The average molecular weight is 239 g/mol. The van der Waals surface area contributed by atoms with E-state index < -0.39 is 0 Å². The zero-order valence-electron chi connectivity index (χ0n) is 10.8. The first-order valence-electron chi connectivity index (χ1n) is 5.98. The number of aryl methyl sites for hydroxylation is 2. The molecule has 0 spiro atoms. The van der Waals surface area contributed by atoms with Crippen molar-refractivity contribution < 1.29 is 0 Å². The molecular formula is C15H17N3. The first-order valence-corrected chi connectivity index (χ1v) is 5.98. The van der Waals surface area contributed by atoms with Gasteiger partial charge in [-0.05, 0) is 37.6 Å². The lowest BCUT2D eigenvalue weighted by molar-refractivity contribution is 0.659. The van der Waals surface area contributed by atoms with Crippen LogP contribution in [0.3, 0.4) is 0 Å². The molecule has 0 saturated carbocycles. The highest BCUT2D eigenvalue weighted by molar-refractivity contribution is 5.37. The van der Waals surface area contributed by atoms with Crippen LogP contribution in [0, 0.1) is 25.7 Å². The van der Waals surface area contributed by atoms with Crippen LogP contribution < -0.4 is 5.73 Å². The Balaban J connectivity index is 2.21. The SMILES string of the molecule is Cc1cc(C)n(Cc2cccc(C#CCN)c2)n1. The zero-order valence-corrected chi connectivity index (χ0v) is 10.8. The first kappa shape index (κ1) is 12.4. The Bertz CT molecular complexity index is 600. The lowest BCUT2D eigenvalue weighted by Crippen LogP contribution is -2.04. The van der Waals surface area contributed by atoms with E-state index in [9.17, 15) is 0 Å². The van der Waals surface area contributed by atoms with Crippen LogP contribution in [0.2, 0.25) is 0 Å². The summed E-state index contributed by atoms with van der Waals surface area (Å²) in [5.74, 6) is 5.91. The summed E-state index contributed by atoms with van der Waals surface area (Å²) in [4.78, 5) is 0. The molecule has 3 nitrogen and oxygen atoms in total. The third kappa shape index (κ3) is 2.99. The fourth-order valence-electron chi connectivity index (χ4n) is 1.91. The fourth-order valence-corrected chi connectivity index (χ4v) is 1.91. The molecule has 0 unspecified atom stereocenters. The van der Waals surface area contributed by atoms with Gasteiger partial charge in [0.2, 0.25) is 0 Å². The monoisotopic (exact) mass is 239 g/mol. The van der Waals surface area contributed by atoms with Crippen molar-refractivity contribution >= 4 is 0 Å². The van der Waals surface area contributed by atoms with Gasteiger partial charge in [-0.3, -0.25) is 4.68 Å². The van der Waals surface area contributed by atoms with Crippen molar-refractivity contribution in [3.05, 3.63) is 52.8 Å². The Morgan fingerprint density at radius 2 is 2.11 bits per heavy atom. The maximum absolute atomic E-state index is 5.37. The molecule has 1 aromatic carbocycles. The molecule has 0 radical (unpaired) electrons. The smallest absolute Gasteiger partial charge is 0.0662 e. The summed E-state index contributed by atoms with van der Waals surface area (Å²) in [6.45, 7) is 5.24. The van der Waals surface area contributed by atoms with E-state index in [-0.39, 0.29) is 0 Å². The van der Waals surface area contributed by atoms with E-state index >= 15 is 0 Å². The van der Waals surface area contributed by atoms with Crippen LogP contribution in [0.25, 0.3) is 0 Å². The van der Waals surface area contributed by atoms with Gasteiger partial charge in [0.05, 0.1) is 18.8 Å².